The molecule has 2 amide bonds. The van der Waals surface area contributed by atoms with E-state index < -0.39 is 17.4 Å². The van der Waals surface area contributed by atoms with E-state index in [0.29, 0.717) is 30.4 Å². The molecule has 1 aromatic carbocycles. The molecule has 2 N–H and O–H groups in total. The first kappa shape index (κ1) is 15.2. The Morgan fingerprint density at radius 3 is 2.78 bits per heavy atom. The molecule has 0 saturated carbocycles. The minimum absolute atomic E-state index is 0.115. The zero-order valence-corrected chi connectivity index (χ0v) is 12.9. The van der Waals surface area contributed by atoms with E-state index in [0.717, 1.165) is 0 Å². The van der Waals surface area contributed by atoms with Crippen LogP contribution in [0, 0.1) is 5.92 Å². The molecule has 0 spiro atoms. The summed E-state index contributed by atoms with van der Waals surface area (Å²) in [7, 11) is 1.62. The molecule has 7 heteroatoms. The predicted molar refractivity (Wildman–Crippen MR) is 84.8 cm³/mol. The van der Waals surface area contributed by atoms with Crippen LogP contribution < -0.4 is 11.3 Å². The normalized spacial score (nSPS) is 18.1. The maximum Gasteiger partial charge on any atom is 0.282 e. The van der Waals surface area contributed by atoms with Gasteiger partial charge in [0.2, 0.25) is 5.91 Å². The Morgan fingerprint density at radius 1 is 1.30 bits per heavy atom. The van der Waals surface area contributed by atoms with Crippen LogP contribution in [-0.4, -0.2) is 39.4 Å². The molecule has 0 bridgehead atoms. The lowest BCUT2D eigenvalue weighted by atomic mass is 9.97. The molecule has 2 heterocycles. The smallest absolute Gasteiger partial charge is 0.282 e. The summed E-state index contributed by atoms with van der Waals surface area (Å²) in [5, 5.41) is 0. The van der Waals surface area contributed by atoms with E-state index in [2.05, 4.69) is 4.98 Å². The van der Waals surface area contributed by atoms with Crippen LogP contribution in [-0.2, 0) is 11.8 Å². The van der Waals surface area contributed by atoms with Crippen molar-refractivity contribution in [1.29, 1.82) is 0 Å². The summed E-state index contributed by atoms with van der Waals surface area (Å²) in [5.74, 6) is -1.22. The number of hydrogen-bond acceptors (Lipinski definition) is 4. The molecule has 0 radical (unpaired) electrons. The van der Waals surface area contributed by atoms with Gasteiger partial charge in [0.25, 0.3) is 11.5 Å². The molecule has 23 heavy (non-hydrogen) atoms. The number of carbonyl (C=O) groups excluding carboxylic acids is 2. The predicted octanol–water partition coefficient (Wildman–Crippen LogP) is 0.271. The Hall–Kier alpha value is -2.70. The van der Waals surface area contributed by atoms with E-state index in [9.17, 15) is 14.4 Å². The molecule has 1 fully saturated rings. The number of aryl methyl sites for hydroxylation is 1. The van der Waals surface area contributed by atoms with Gasteiger partial charge in [-0.3, -0.25) is 14.4 Å². The van der Waals surface area contributed by atoms with Crippen LogP contribution >= 0.6 is 0 Å². The Morgan fingerprint density at radius 2 is 2.04 bits per heavy atom. The van der Waals surface area contributed by atoms with Gasteiger partial charge in [-0.2, -0.15) is 0 Å². The van der Waals surface area contributed by atoms with Crippen molar-refractivity contribution in [3.63, 3.8) is 0 Å². The van der Waals surface area contributed by atoms with Crippen LogP contribution in [0.2, 0.25) is 0 Å². The topological polar surface area (TPSA) is 98.3 Å². The van der Waals surface area contributed by atoms with Gasteiger partial charge >= 0.3 is 0 Å². The monoisotopic (exact) mass is 314 g/mol. The second kappa shape index (κ2) is 5.83. The van der Waals surface area contributed by atoms with Crippen molar-refractivity contribution >= 4 is 22.8 Å². The molecule has 1 unspecified atom stereocenters. The quantitative estimate of drug-likeness (QED) is 0.860. The molecule has 2 aromatic rings. The molecule has 7 nitrogen and oxygen atoms in total. The van der Waals surface area contributed by atoms with Crippen LogP contribution in [0.1, 0.15) is 23.3 Å². The van der Waals surface area contributed by atoms with Crippen molar-refractivity contribution in [1.82, 2.24) is 14.5 Å². The highest BCUT2D eigenvalue weighted by Gasteiger charge is 2.29. The molecule has 120 valence electrons. The summed E-state index contributed by atoms with van der Waals surface area (Å²) in [6.45, 7) is 0.742. The van der Waals surface area contributed by atoms with Crippen molar-refractivity contribution in [3.05, 3.63) is 40.3 Å². The maximum atomic E-state index is 12.7. The Bertz CT molecular complexity index is 843. The second-order valence-corrected chi connectivity index (χ2v) is 5.81. The third kappa shape index (κ3) is 2.69. The molecule has 1 atom stereocenters. The van der Waals surface area contributed by atoms with Gasteiger partial charge in [0.05, 0.1) is 17.0 Å². The Kier molecular flexibility index (Phi) is 3.85. The van der Waals surface area contributed by atoms with E-state index in [4.69, 9.17) is 5.73 Å². The highest BCUT2D eigenvalue weighted by atomic mass is 16.2. The van der Waals surface area contributed by atoms with Crippen LogP contribution in [0.25, 0.3) is 11.0 Å². The number of nitrogens with two attached hydrogens (primary N) is 1. The molecular weight excluding hydrogens is 296 g/mol. The van der Waals surface area contributed by atoms with E-state index in [-0.39, 0.29) is 18.2 Å². The lowest BCUT2D eigenvalue weighted by Gasteiger charge is -2.30. The largest absolute Gasteiger partial charge is 0.369 e. The van der Waals surface area contributed by atoms with Gasteiger partial charge in [0.15, 0.2) is 5.69 Å². The Labute approximate surface area is 132 Å². The second-order valence-electron chi connectivity index (χ2n) is 5.81. The van der Waals surface area contributed by atoms with Crippen LogP contribution in [0.3, 0.4) is 0 Å². The number of benzene rings is 1. The highest BCUT2D eigenvalue weighted by molar-refractivity contribution is 5.94. The average Bonchev–Trinajstić information content (AvgIpc) is 2.57. The lowest BCUT2D eigenvalue weighted by molar-refractivity contribution is -0.123. The third-order valence-electron chi connectivity index (χ3n) is 4.30. The minimum atomic E-state index is -0.442. The summed E-state index contributed by atoms with van der Waals surface area (Å²) >= 11 is 0. The fourth-order valence-corrected chi connectivity index (χ4v) is 2.96. The molecule has 3 rings (SSSR count). The van der Waals surface area contributed by atoms with Gasteiger partial charge in [-0.05, 0) is 25.0 Å². The Balaban J connectivity index is 1.99. The van der Waals surface area contributed by atoms with E-state index in [1.807, 2.05) is 6.07 Å². The zero-order chi connectivity index (χ0) is 16.6. The van der Waals surface area contributed by atoms with Crippen LogP contribution in [0.15, 0.2) is 29.1 Å². The van der Waals surface area contributed by atoms with Crippen LogP contribution in [0.4, 0.5) is 0 Å². The summed E-state index contributed by atoms with van der Waals surface area (Å²) in [5.41, 5.74) is 6.04. The molecule has 1 aliphatic rings. The van der Waals surface area contributed by atoms with E-state index in [1.165, 1.54) is 9.47 Å². The standard InChI is InChI=1S/C16H18N4O3/c1-19-12-7-3-2-6-11(12)18-13(15(19)22)16(23)20-8-4-5-10(9-20)14(17)21/h2-3,6-7,10H,4-5,8-9H2,1H3,(H2,17,21). The van der Waals surface area contributed by atoms with Gasteiger partial charge in [-0.1, -0.05) is 12.1 Å². The third-order valence-corrected chi connectivity index (χ3v) is 4.30. The number of rotatable bonds is 2. The fourth-order valence-electron chi connectivity index (χ4n) is 2.96. The van der Waals surface area contributed by atoms with Gasteiger partial charge in [0, 0.05) is 20.1 Å². The number of hydrogen-bond donors (Lipinski definition) is 1. The van der Waals surface area contributed by atoms with Crippen molar-refractivity contribution < 1.29 is 9.59 Å². The summed E-state index contributed by atoms with van der Waals surface area (Å²) in [6.07, 6.45) is 1.36. The lowest BCUT2D eigenvalue weighted by Crippen LogP contribution is -2.46. The summed E-state index contributed by atoms with van der Waals surface area (Å²) in [6, 6.07) is 7.15. The number of amides is 2. The first-order valence-electron chi connectivity index (χ1n) is 7.53. The number of nitrogens with zero attached hydrogens (tertiary/aromatic N) is 3. The van der Waals surface area contributed by atoms with Crippen molar-refractivity contribution in [2.24, 2.45) is 18.7 Å². The zero-order valence-electron chi connectivity index (χ0n) is 12.9. The number of para-hydroxylation sites is 2. The SMILES string of the molecule is Cn1c(=O)c(C(=O)N2CCCC(C(N)=O)C2)nc2ccccc21. The summed E-state index contributed by atoms with van der Waals surface area (Å²) < 4.78 is 1.42. The molecular formula is C16H18N4O3. The molecule has 1 saturated heterocycles. The van der Waals surface area contributed by atoms with E-state index in [1.54, 1.807) is 25.2 Å². The molecule has 1 aliphatic heterocycles. The minimum Gasteiger partial charge on any atom is -0.369 e. The van der Waals surface area contributed by atoms with Gasteiger partial charge in [0.1, 0.15) is 0 Å². The summed E-state index contributed by atoms with van der Waals surface area (Å²) in [4.78, 5) is 42.2. The van der Waals surface area contributed by atoms with Crippen molar-refractivity contribution in [2.45, 2.75) is 12.8 Å². The maximum absolute atomic E-state index is 12.7. The van der Waals surface area contributed by atoms with Gasteiger partial charge in [-0.15, -0.1) is 0 Å². The number of aromatic nitrogens is 2. The van der Waals surface area contributed by atoms with Crippen LogP contribution in [0.5, 0.6) is 0 Å². The van der Waals surface area contributed by atoms with Gasteiger partial charge < -0.3 is 15.2 Å². The highest BCUT2D eigenvalue weighted by Crippen LogP contribution is 2.18. The van der Waals surface area contributed by atoms with Crippen molar-refractivity contribution in [3.8, 4) is 0 Å². The van der Waals surface area contributed by atoms with Gasteiger partial charge in [-0.25, -0.2) is 4.98 Å². The number of fused-ring (bicyclic) bond motifs is 1. The number of primary amides is 1. The average molecular weight is 314 g/mol. The van der Waals surface area contributed by atoms with E-state index >= 15 is 0 Å². The molecule has 1 aromatic heterocycles. The van der Waals surface area contributed by atoms with Crippen molar-refractivity contribution in [2.75, 3.05) is 13.1 Å². The fraction of sp³-hybridized carbons (Fsp3) is 0.375. The molecule has 0 aliphatic carbocycles. The number of carbonyl (C=O) groups is 2. The number of likely N-dealkylation sites (tertiary alicyclic amines) is 1. The number of piperidine rings is 1. The first-order valence-corrected chi connectivity index (χ1v) is 7.53. The first-order chi connectivity index (χ1) is 11.0.